The highest BCUT2D eigenvalue weighted by Crippen LogP contribution is 2.31. The number of amides is 2. The molecule has 6 nitrogen and oxygen atoms in total. The van der Waals surface area contributed by atoms with Crippen LogP contribution in [0.3, 0.4) is 0 Å². The van der Waals surface area contributed by atoms with E-state index in [9.17, 15) is 4.79 Å². The van der Waals surface area contributed by atoms with Crippen LogP contribution < -0.4 is 10.6 Å². The number of hydrogen-bond donors (Lipinski definition) is 2. The van der Waals surface area contributed by atoms with Crippen molar-refractivity contribution < 1.29 is 4.79 Å². The molecule has 1 heterocycles. The zero-order valence-corrected chi connectivity index (χ0v) is 21.3. The van der Waals surface area contributed by atoms with E-state index in [2.05, 4.69) is 20.8 Å². The Balaban J connectivity index is 1.55. The first kappa shape index (κ1) is 24.7. The minimum Gasteiger partial charge on any atom is -0.331 e. The van der Waals surface area contributed by atoms with Crippen LogP contribution in [0.1, 0.15) is 11.4 Å². The lowest BCUT2D eigenvalue weighted by Crippen LogP contribution is -2.29. The number of aromatic nitrogens is 3. The van der Waals surface area contributed by atoms with Crippen LogP contribution in [0.15, 0.2) is 71.9 Å². The number of halogens is 4. The van der Waals surface area contributed by atoms with Gasteiger partial charge in [-0.1, -0.05) is 88.5 Å². The molecule has 0 fully saturated rings. The second-order valence-corrected chi connectivity index (χ2v) is 9.67. The van der Waals surface area contributed by atoms with Crippen LogP contribution in [-0.2, 0) is 12.3 Å². The Morgan fingerprint density at radius 2 is 1.62 bits per heavy atom. The third-order valence-electron chi connectivity index (χ3n) is 4.65. The summed E-state index contributed by atoms with van der Waals surface area (Å²) < 4.78 is 1.79. The predicted molar refractivity (Wildman–Crippen MR) is 140 cm³/mol. The molecular weight excluding hydrogens is 536 g/mol. The molecule has 0 saturated carbocycles. The van der Waals surface area contributed by atoms with Gasteiger partial charge in [0.05, 0.1) is 28.0 Å². The van der Waals surface area contributed by atoms with Crippen LogP contribution in [0.25, 0.3) is 5.69 Å². The molecule has 11 heteroatoms. The fraction of sp³-hybridized carbons (Fsp3) is 0.0870. The van der Waals surface area contributed by atoms with Gasteiger partial charge in [0.1, 0.15) is 0 Å². The SMILES string of the molecule is O=C(NCc1nnc(SCc2ccccc2)n1-c1cc(Cl)ccc1Cl)Nc1ccc(Cl)cc1Cl. The third kappa shape index (κ3) is 6.17. The number of carbonyl (C=O) groups is 1. The van der Waals surface area contributed by atoms with Gasteiger partial charge in [-0.3, -0.25) is 4.57 Å². The zero-order valence-electron chi connectivity index (χ0n) is 17.4. The Kier molecular flexibility index (Phi) is 8.24. The molecule has 0 unspecified atom stereocenters. The maximum atomic E-state index is 12.5. The number of nitrogens with zero attached hydrogens (tertiary/aromatic N) is 3. The van der Waals surface area contributed by atoms with Crippen LogP contribution in [-0.4, -0.2) is 20.8 Å². The Bertz CT molecular complexity index is 1320. The van der Waals surface area contributed by atoms with E-state index in [1.165, 1.54) is 11.8 Å². The Morgan fingerprint density at radius 3 is 2.38 bits per heavy atom. The van der Waals surface area contributed by atoms with Crippen molar-refractivity contribution in [2.24, 2.45) is 0 Å². The van der Waals surface area contributed by atoms with Crippen LogP contribution in [0, 0.1) is 0 Å². The van der Waals surface area contributed by atoms with Crippen molar-refractivity contribution in [3.63, 3.8) is 0 Å². The highest BCUT2D eigenvalue weighted by atomic mass is 35.5. The summed E-state index contributed by atoms with van der Waals surface area (Å²) in [4.78, 5) is 12.5. The van der Waals surface area contributed by atoms with Gasteiger partial charge in [0, 0.05) is 15.8 Å². The summed E-state index contributed by atoms with van der Waals surface area (Å²) in [6.45, 7) is 0.0821. The first-order valence-corrected chi connectivity index (χ1v) is 12.5. The number of urea groups is 1. The molecule has 0 bridgehead atoms. The molecule has 0 aliphatic rings. The summed E-state index contributed by atoms with van der Waals surface area (Å²) in [5, 5.41) is 16.5. The fourth-order valence-electron chi connectivity index (χ4n) is 3.05. The number of thioether (sulfide) groups is 1. The lowest BCUT2D eigenvalue weighted by atomic mass is 10.2. The van der Waals surface area contributed by atoms with E-state index in [0.29, 0.717) is 48.2 Å². The molecule has 0 radical (unpaired) electrons. The van der Waals surface area contributed by atoms with Gasteiger partial charge in [-0.05, 0) is 42.0 Å². The molecule has 0 spiro atoms. The Labute approximate surface area is 220 Å². The Hall–Kier alpha value is -2.42. The van der Waals surface area contributed by atoms with Crippen LogP contribution in [0.2, 0.25) is 20.1 Å². The fourth-order valence-corrected chi connectivity index (χ4v) is 4.79. The first-order valence-electron chi connectivity index (χ1n) is 9.97. The van der Waals surface area contributed by atoms with Gasteiger partial charge in [-0.15, -0.1) is 10.2 Å². The zero-order chi connectivity index (χ0) is 24.1. The second-order valence-electron chi connectivity index (χ2n) is 7.04. The van der Waals surface area contributed by atoms with Gasteiger partial charge in [0.25, 0.3) is 0 Å². The van der Waals surface area contributed by atoms with E-state index in [4.69, 9.17) is 46.4 Å². The van der Waals surface area contributed by atoms with E-state index in [0.717, 1.165) is 5.56 Å². The molecule has 2 N–H and O–H groups in total. The topological polar surface area (TPSA) is 71.8 Å². The van der Waals surface area contributed by atoms with Crippen LogP contribution in [0.5, 0.6) is 0 Å². The van der Waals surface area contributed by atoms with Crippen molar-refractivity contribution in [3.05, 3.63) is 98.2 Å². The monoisotopic (exact) mass is 551 g/mol. The van der Waals surface area contributed by atoms with Gasteiger partial charge in [-0.2, -0.15) is 0 Å². The standard InChI is InChI=1S/C23H17Cl4N5OS/c24-15-7-9-19(18(27)10-15)29-22(33)28-12-21-30-31-23(34-13-14-4-2-1-3-5-14)32(21)20-11-16(25)6-8-17(20)26/h1-11H,12-13H2,(H2,28,29,33). The van der Waals surface area contributed by atoms with Crippen molar-refractivity contribution in [2.45, 2.75) is 17.5 Å². The average molecular weight is 553 g/mol. The minimum atomic E-state index is -0.463. The highest BCUT2D eigenvalue weighted by Gasteiger charge is 2.18. The number of rotatable bonds is 7. The van der Waals surface area contributed by atoms with Crippen molar-refractivity contribution >= 4 is 69.9 Å². The number of hydrogen-bond acceptors (Lipinski definition) is 4. The van der Waals surface area contributed by atoms with Crippen LogP contribution in [0.4, 0.5) is 10.5 Å². The van der Waals surface area contributed by atoms with E-state index < -0.39 is 6.03 Å². The van der Waals surface area contributed by atoms with Gasteiger partial charge in [0.2, 0.25) is 0 Å². The molecule has 34 heavy (non-hydrogen) atoms. The summed E-state index contributed by atoms with van der Waals surface area (Å²) in [6, 6.07) is 19.5. The molecule has 3 aromatic carbocycles. The Morgan fingerprint density at radius 1 is 0.882 bits per heavy atom. The molecule has 4 rings (SSSR count). The van der Waals surface area contributed by atoms with E-state index in [-0.39, 0.29) is 6.54 Å². The van der Waals surface area contributed by atoms with Crippen molar-refractivity contribution in [2.75, 3.05) is 5.32 Å². The van der Waals surface area contributed by atoms with Gasteiger partial charge >= 0.3 is 6.03 Å². The molecule has 0 saturated heterocycles. The normalized spacial score (nSPS) is 10.8. The van der Waals surface area contributed by atoms with Crippen molar-refractivity contribution in [3.8, 4) is 5.69 Å². The molecular formula is C23H17Cl4N5OS. The summed E-state index contributed by atoms with van der Waals surface area (Å²) >= 11 is 26.3. The predicted octanol–water partition coefficient (Wildman–Crippen LogP) is 7.49. The summed E-state index contributed by atoms with van der Waals surface area (Å²) in [5.74, 6) is 1.16. The quantitative estimate of drug-likeness (QED) is 0.233. The maximum absolute atomic E-state index is 12.5. The van der Waals surface area contributed by atoms with E-state index in [1.807, 2.05) is 30.3 Å². The maximum Gasteiger partial charge on any atom is 0.319 e. The lowest BCUT2D eigenvalue weighted by molar-refractivity contribution is 0.251. The average Bonchev–Trinajstić information content (AvgIpc) is 3.23. The molecule has 2 amide bonds. The summed E-state index contributed by atoms with van der Waals surface area (Å²) in [7, 11) is 0. The summed E-state index contributed by atoms with van der Waals surface area (Å²) in [6.07, 6.45) is 0. The molecule has 174 valence electrons. The van der Waals surface area contributed by atoms with Crippen LogP contribution >= 0.6 is 58.2 Å². The van der Waals surface area contributed by atoms with Gasteiger partial charge < -0.3 is 10.6 Å². The molecule has 4 aromatic rings. The number of nitrogens with one attached hydrogen (secondary N) is 2. The molecule has 0 atom stereocenters. The lowest BCUT2D eigenvalue weighted by Gasteiger charge is -2.13. The van der Waals surface area contributed by atoms with E-state index >= 15 is 0 Å². The third-order valence-corrected chi connectivity index (χ3v) is 6.75. The number of benzene rings is 3. The van der Waals surface area contributed by atoms with Gasteiger partial charge in [0.15, 0.2) is 11.0 Å². The minimum absolute atomic E-state index is 0.0821. The number of carbonyl (C=O) groups excluding carboxylic acids is 1. The first-order chi connectivity index (χ1) is 16.4. The number of anilines is 1. The largest absolute Gasteiger partial charge is 0.331 e. The van der Waals surface area contributed by atoms with Gasteiger partial charge in [-0.25, -0.2) is 4.79 Å². The molecule has 0 aliphatic heterocycles. The highest BCUT2D eigenvalue weighted by molar-refractivity contribution is 7.98. The molecule has 1 aromatic heterocycles. The van der Waals surface area contributed by atoms with Crippen molar-refractivity contribution in [1.29, 1.82) is 0 Å². The summed E-state index contributed by atoms with van der Waals surface area (Å²) in [5.41, 5.74) is 2.19. The van der Waals surface area contributed by atoms with E-state index in [1.54, 1.807) is 41.0 Å². The second kappa shape index (κ2) is 11.3. The smallest absolute Gasteiger partial charge is 0.319 e. The molecule has 0 aliphatic carbocycles. The van der Waals surface area contributed by atoms with Crippen molar-refractivity contribution in [1.82, 2.24) is 20.1 Å².